The van der Waals surface area contributed by atoms with Crippen molar-refractivity contribution in [2.75, 3.05) is 12.4 Å². The number of anilines is 1. The van der Waals surface area contributed by atoms with E-state index in [2.05, 4.69) is 20.0 Å². The van der Waals surface area contributed by atoms with Gasteiger partial charge in [-0.25, -0.2) is 14.6 Å². The van der Waals surface area contributed by atoms with E-state index in [9.17, 15) is 9.59 Å². The smallest absolute Gasteiger partial charge is 0.412 e. The Hall–Kier alpha value is -2.70. The first-order valence-corrected chi connectivity index (χ1v) is 6.64. The van der Waals surface area contributed by atoms with E-state index in [0.29, 0.717) is 16.7 Å². The third kappa shape index (κ3) is 3.69. The zero-order valence-corrected chi connectivity index (χ0v) is 12.8. The molecule has 2 heterocycles. The van der Waals surface area contributed by atoms with Crippen LogP contribution in [-0.4, -0.2) is 34.7 Å². The van der Waals surface area contributed by atoms with Gasteiger partial charge in [0.25, 0.3) is 0 Å². The summed E-state index contributed by atoms with van der Waals surface area (Å²) in [5, 5.41) is 2.59. The average Bonchev–Trinajstić information content (AvgIpc) is 2.44. The Morgan fingerprint density at radius 1 is 1.27 bits per heavy atom. The van der Waals surface area contributed by atoms with Gasteiger partial charge in [-0.3, -0.25) is 10.3 Å². The molecule has 116 valence electrons. The molecule has 7 nitrogen and oxygen atoms in total. The molecule has 0 fully saturated rings. The fraction of sp³-hybridized carbons (Fsp3) is 0.333. The Balaban J connectivity index is 2.42. The summed E-state index contributed by atoms with van der Waals surface area (Å²) >= 11 is 0. The summed E-state index contributed by atoms with van der Waals surface area (Å²) in [5.74, 6) is -0.599. The highest BCUT2D eigenvalue weighted by molar-refractivity contribution is 6.00. The molecule has 0 aliphatic heterocycles. The molecule has 2 rings (SSSR count). The van der Waals surface area contributed by atoms with Crippen molar-refractivity contribution < 1.29 is 19.1 Å². The topological polar surface area (TPSA) is 90.4 Å². The number of methoxy groups -OCH3 is 1. The third-order valence-electron chi connectivity index (χ3n) is 2.59. The van der Waals surface area contributed by atoms with Crippen LogP contribution in [0.15, 0.2) is 24.4 Å². The van der Waals surface area contributed by atoms with Crippen molar-refractivity contribution in [3.8, 4) is 0 Å². The number of hydrogen-bond acceptors (Lipinski definition) is 6. The number of amides is 1. The Morgan fingerprint density at radius 2 is 2.00 bits per heavy atom. The van der Waals surface area contributed by atoms with E-state index in [1.165, 1.54) is 13.2 Å². The molecular formula is C15H17N3O4. The molecule has 0 aliphatic carbocycles. The molecule has 0 bridgehead atoms. The van der Waals surface area contributed by atoms with Gasteiger partial charge < -0.3 is 9.47 Å². The van der Waals surface area contributed by atoms with E-state index >= 15 is 0 Å². The quantitative estimate of drug-likeness (QED) is 0.858. The summed E-state index contributed by atoms with van der Waals surface area (Å²) in [7, 11) is 1.26. The van der Waals surface area contributed by atoms with Gasteiger partial charge >= 0.3 is 12.1 Å². The van der Waals surface area contributed by atoms with Crippen molar-refractivity contribution in [3.63, 3.8) is 0 Å². The minimum absolute atomic E-state index is 0.0778. The average molecular weight is 303 g/mol. The Bertz CT molecular complexity index is 722. The van der Waals surface area contributed by atoms with Gasteiger partial charge in [-0.2, -0.15) is 0 Å². The van der Waals surface area contributed by atoms with E-state index in [-0.39, 0.29) is 5.69 Å². The van der Waals surface area contributed by atoms with Crippen LogP contribution in [0.3, 0.4) is 0 Å². The second-order valence-electron chi connectivity index (χ2n) is 5.54. The SMILES string of the molecule is COC(=O)c1cc(NC(=O)OC(C)(C)C)c2ncccc2n1. The fourth-order valence-corrected chi connectivity index (χ4v) is 1.78. The molecule has 22 heavy (non-hydrogen) atoms. The maximum atomic E-state index is 11.9. The molecule has 0 saturated heterocycles. The van der Waals surface area contributed by atoms with Gasteiger partial charge in [0.15, 0.2) is 5.69 Å². The number of aromatic nitrogens is 2. The van der Waals surface area contributed by atoms with Gasteiger partial charge in [-0.1, -0.05) is 0 Å². The van der Waals surface area contributed by atoms with Crippen LogP contribution in [0.25, 0.3) is 11.0 Å². The minimum Gasteiger partial charge on any atom is -0.464 e. The lowest BCUT2D eigenvalue weighted by molar-refractivity contribution is 0.0590. The Kier molecular flexibility index (Phi) is 4.25. The van der Waals surface area contributed by atoms with Crippen molar-refractivity contribution in [1.29, 1.82) is 0 Å². The molecule has 0 aromatic carbocycles. The van der Waals surface area contributed by atoms with Gasteiger partial charge in [-0.15, -0.1) is 0 Å². The van der Waals surface area contributed by atoms with Crippen molar-refractivity contribution in [2.24, 2.45) is 0 Å². The summed E-state index contributed by atoms with van der Waals surface area (Å²) < 4.78 is 9.86. The van der Waals surface area contributed by atoms with Gasteiger partial charge in [0.05, 0.1) is 18.3 Å². The summed E-state index contributed by atoms with van der Waals surface area (Å²) in [6.45, 7) is 5.28. The molecule has 0 unspecified atom stereocenters. The van der Waals surface area contributed by atoms with Crippen LogP contribution in [-0.2, 0) is 9.47 Å². The van der Waals surface area contributed by atoms with E-state index < -0.39 is 17.7 Å². The predicted molar refractivity (Wildman–Crippen MR) is 80.7 cm³/mol. The van der Waals surface area contributed by atoms with E-state index in [4.69, 9.17) is 4.74 Å². The molecule has 7 heteroatoms. The number of nitrogens with zero attached hydrogens (tertiary/aromatic N) is 2. The van der Waals surface area contributed by atoms with Crippen LogP contribution >= 0.6 is 0 Å². The number of esters is 1. The van der Waals surface area contributed by atoms with Crippen LogP contribution in [0.1, 0.15) is 31.3 Å². The standard InChI is InChI=1S/C15H17N3O4/c1-15(2,3)22-14(20)18-10-8-11(13(19)21-4)17-9-6-5-7-16-12(9)10/h5-8H,1-4H3,(H,17,18,20). The van der Waals surface area contributed by atoms with Crippen molar-refractivity contribution in [3.05, 3.63) is 30.1 Å². The van der Waals surface area contributed by atoms with Crippen molar-refractivity contribution >= 4 is 28.8 Å². The Morgan fingerprint density at radius 3 is 2.64 bits per heavy atom. The molecule has 2 aromatic heterocycles. The number of nitrogens with one attached hydrogen (secondary N) is 1. The third-order valence-corrected chi connectivity index (χ3v) is 2.59. The molecule has 2 aromatic rings. The molecule has 0 radical (unpaired) electrons. The van der Waals surface area contributed by atoms with Crippen molar-refractivity contribution in [2.45, 2.75) is 26.4 Å². The summed E-state index contributed by atoms with van der Waals surface area (Å²) in [6, 6.07) is 4.79. The number of rotatable bonds is 2. The number of carbonyl (C=O) groups is 2. The highest BCUT2D eigenvalue weighted by atomic mass is 16.6. The monoisotopic (exact) mass is 303 g/mol. The first kappa shape index (κ1) is 15.7. The number of fused-ring (bicyclic) bond motifs is 1. The van der Waals surface area contributed by atoms with Gasteiger partial charge in [-0.05, 0) is 39.0 Å². The maximum Gasteiger partial charge on any atom is 0.412 e. The van der Waals surface area contributed by atoms with Gasteiger partial charge in [0.2, 0.25) is 0 Å². The zero-order valence-electron chi connectivity index (χ0n) is 12.8. The van der Waals surface area contributed by atoms with Gasteiger partial charge in [0, 0.05) is 6.20 Å². The number of hydrogen-bond donors (Lipinski definition) is 1. The van der Waals surface area contributed by atoms with Gasteiger partial charge in [0.1, 0.15) is 11.1 Å². The Labute approximate surface area is 127 Å². The first-order valence-electron chi connectivity index (χ1n) is 6.64. The zero-order chi connectivity index (χ0) is 16.3. The second kappa shape index (κ2) is 5.97. The van der Waals surface area contributed by atoms with Crippen LogP contribution < -0.4 is 5.32 Å². The molecule has 1 amide bonds. The minimum atomic E-state index is -0.638. The summed E-state index contributed by atoms with van der Waals surface area (Å²) in [5.41, 5.74) is 0.706. The van der Waals surface area contributed by atoms with E-state index in [1.807, 2.05) is 0 Å². The maximum absolute atomic E-state index is 11.9. The molecule has 0 saturated carbocycles. The summed E-state index contributed by atoms with van der Waals surface area (Å²) in [4.78, 5) is 31.9. The fourth-order valence-electron chi connectivity index (χ4n) is 1.78. The number of carbonyl (C=O) groups excluding carboxylic acids is 2. The number of pyridine rings is 2. The summed E-state index contributed by atoms with van der Waals surface area (Å²) in [6.07, 6.45) is 0.934. The largest absolute Gasteiger partial charge is 0.464 e. The lowest BCUT2D eigenvalue weighted by Gasteiger charge is -2.20. The lowest BCUT2D eigenvalue weighted by Crippen LogP contribution is -2.27. The molecule has 1 N–H and O–H groups in total. The molecular weight excluding hydrogens is 286 g/mol. The first-order chi connectivity index (χ1) is 10.3. The predicted octanol–water partition coefficient (Wildman–Crippen LogP) is 2.76. The molecule has 0 atom stereocenters. The van der Waals surface area contributed by atoms with Crippen LogP contribution in [0.5, 0.6) is 0 Å². The van der Waals surface area contributed by atoms with Crippen LogP contribution in [0.2, 0.25) is 0 Å². The normalized spacial score (nSPS) is 11.1. The lowest BCUT2D eigenvalue weighted by atomic mass is 10.2. The van der Waals surface area contributed by atoms with Crippen LogP contribution in [0, 0.1) is 0 Å². The second-order valence-corrected chi connectivity index (χ2v) is 5.54. The molecule has 0 aliphatic rings. The number of ether oxygens (including phenoxy) is 2. The van der Waals surface area contributed by atoms with Crippen molar-refractivity contribution in [1.82, 2.24) is 9.97 Å². The van der Waals surface area contributed by atoms with E-state index in [0.717, 1.165) is 0 Å². The highest BCUT2D eigenvalue weighted by Gasteiger charge is 2.19. The van der Waals surface area contributed by atoms with E-state index in [1.54, 1.807) is 39.1 Å². The molecule has 0 spiro atoms. The van der Waals surface area contributed by atoms with Crippen LogP contribution in [0.4, 0.5) is 10.5 Å². The highest BCUT2D eigenvalue weighted by Crippen LogP contribution is 2.22.